The Hall–Kier alpha value is -3.48. The zero-order valence-corrected chi connectivity index (χ0v) is 17.3. The van der Waals surface area contributed by atoms with Crippen LogP contribution in [0.1, 0.15) is 36.7 Å². The molecule has 0 radical (unpaired) electrons. The van der Waals surface area contributed by atoms with Gasteiger partial charge in [-0.3, -0.25) is 4.79 Å². The Kier molecular flexibility index (Phi) is 6.24. The molecular weight excluding hydrogens is 407 g/mol. The van der Waals surface area contributed by atoms with E-state index in [-0.39, 0.29) is 11.2 Å². The zero-order chi connectivity index (χ0) is 22.6. The molecule has 7 heteroatoms. The summed E-state index contributed by atoms with van der Waals surface area (Å²) < 4.78 is 46.6. The van der Waals surface area contributed by atoms with Crippen molar-refractivity contribution < 1.29 is 27.4 Å². The predicted octanol–water partition coefficient (Wildman–Crippen LogP) is 7.23. The van der Waals surface area contributed by atoms with Gasteiger partial charge in [0.1, 0.15) is 17.2 Å². The monoisotopic (exact) mass is 429 g/mol. The summed E-state index contributed by atoms with van der Waals surface area (Å²) in [7, 11) is 0. The highest BCUT2D eigenvalue weighted by Crippen LogP contribution is 2.31. The van der Waals surface area contributed by atoms with E-state index in [1.807, 2.05) is 24.3 Å². The van der Waals surface area contributed by atoms with Gasteiger partial charge in [0.2, 0.25) is 0 Å². The number of carbonyl (C=O) groups is 1. The highest BCUT2D eigenvalue weighted by molar-refractivity contribution is 5.81. The van der Waals surface area contributed by atoms with E-state index in [0.717, 1.165) is 5.56 Å². The molecule has 0 fully saturated rings. The van der Waals surface area contributed by atoms with Gasteiger partial charge in [0.25, 0.3) is 0 Å². The van der Waals surface area contributed by atoms with Crippen LogP contribution in [0.25, 0.3) is 0 Å². The predicted molar refractivity (Wildman–Crippen MR) is 113 cm³/mol. The van der Waals surface area contributed by atoms with E-state index in [4.69, 9.17) is 4.74 Å². The normalized spacial score (nSPS) is 11.7. The van der Waals surface area contributed by atoms with E-state index < -0.39 is 6.36 Å². The van der Waals surface area contributed by atoms with Gasteiger partial charge in [-0.25, -0.2) is 0 Å². The Bertz CT molecular complexity index is 1040. The number of rotatable bonds is 6. The first-order chi connectivity index (χ1) is 14.5. The van der Waals surface area contributed by atoms with Gasteiger partial charge in [-0.2, -0.15) is 0 Å². The van der Waals surface area contributed by atoms with E-state index in [0.29, 0.717) is 34.7 Å². The fraction of sp³-hybridized carbons (Fsp3) is 0.208. The Morgan fingerprint density at radius 3 is 1.94 bits per heavy atom. The first kappa shape index (κ1) is 22.2. The van der Waals surface area contributed by atoms with Crippen LogP contribution in [0, 0.1) is 0 Å². The molecule has 0 aliphatic carbocycles. The minimum Gasteiger partial charge on any atom is -0.457 e. The molecule has 0 heterocycles. The summed E-state index contributed by atoms with van der Waals surface area (Å²) in [5.41, 5.74) is 2.70. The lowest BCUT2D eigenvalue weighted by molar-refractivity contribution is -0.274. The summed E-state index contributed by atoms with van der Waals surface area (Å²) in [6, 6.07) is 17.9. The molecule has 3 rings (SSSR count). The standard InChI is InChI=1S/C24H22F3NO3/c1-23(2,3)17-5-10-20(11-6-17)30-22-14-19(7-4-16(22)15-29)28-18-8-12-21(13-9-18)31-24(25,26)27/h4-15,28H,1-3H3. The number of carbonyl (C=O) groups excluding carboxylic acids is 1. The van der Waals surface area contributed by atoms with Gasteiger partial charge in [-0.1, -0.05) is 32.9 Å². The zero-order valence-electron chi connectivity index (χ0n) is 17.3. The fourth-order valence-corrected chi connectivity index (χ4v) is 2.85. The highest BCUT2D eigenvalue weighted by Gasteiger charge is 2.30. The first-order valence-electron chi connectivity index (χ1n) is 9.54. The van der Waals surface area contributed by atoms with Gasteiger partial charge >= 0.3 is 6.36 Å². The fourth-order valence-electron chi connectivity index (χ4n) is 2.85. The smallest absolute Gasteiger partial charge is 0.457 e. The lowest BCUT2D eigenvalue weighted by atomic mass is 9.87. The van der Waals surface area contributed by atoms with Crippen LogP contribution in [0.2, 0.25) is 0 Å². The third kappa shape index (κ3) is 6.25. The molecule has 0 spiro atoms. The number of anilines is 2. The lowest BCUT2D eigenvalue weighted by Gasteiger charge is -2.19. The third-order valence-electron chi connectivity index (χ3n) is 4.47. The molecule has 162 valence electrons. The van der Waals surface area contributed by atoms with Crippen LogP contribution in [0.4, 0.5) is 24.5 Å². The number of ether oxygens (including phenoxy) is 2. The van der Waals surface area contributed by atoms with Crippen molar-refractivity contribution in [2.45, 2.75) is 32.5 Å². The molecule has 4 nitrogen and oxygen atoms in total. The van der Waals surface area contributed by atoms with Crippen LogP contribution < -0.4 is 14.8 Å². The quantitative estimate of drug-likeness (QED) is 0.420. The van der Waals surface area contributed by atoms with Crippen LogP contribution in [0.3, 0.4) is 0 Å². The molecule has 0 saturated carbocycles. The van der Waals surface area contributed by atoms with Crippen LogP contribution in [0.5, 0.6) is 17.2 Å². The average molecular weight is 429 g/mol. The molecule has 0 saturated heterocycles. The van der Waals surface area contributed by atoms with Crippen LogP contribution in [0.15, 0.2) is 66.7 Å². The van der Waals surface area contributed by atoms with Crippen molar-refractivity contribution in [3.8, 4) is 17.2 Å². The number of aldehydes is 1. The molecule has 0 aliphatic rings. The summed E-state index contributed by atoms with van der Waals surface area (Å²) >= 11 is 0. The molecule has 0 amide bonds. The molecule has 31 heavy (non-hydrogen) atoms. The van der Waals surface area contributed by atoms with Gasteiger partial charge in [0.05, 0.1) is 5.56 Å². The second-order valence-electron chi connectivity index (χ2n) is 7.94. The average Bonchev–Trinajstić information content (AvgIpc) is 2.68. The third-order valence-corrected chi connectivity index (χ3v) is 4.47. The second kappa shape index (κ2) is 8.71. The van der Waals surface area contributed by atoms with Crippen molar-refractivity contribution >= 4 is 17.7 Å². The summed E-state index contributed by atoms with van der Waals surface area (Å²) in [5, 5.41) is 3.07. The van der Waals surface area contributed by atoms with Gasteiger partial charge in [-0.15, -0.1) is 13.2 Å². The maximum absolute atomic E-state index is 12.3. The number of nitrogens with one attached hydrogen (secondary N) is 1. The van der Waals surface area contributed by atoms with Gasteiger partial charge in [0, 0.05) is 17.4 Å². The van der Waals surface area contributed by atoms with E-state index in [1.165, 1.54) is 24.3 Å². The van der Waals surface area contributed by atoms with Crippen molar-refractivity contribution in [2.24, 2.45) is 0 Å². The largest absolute Gasteiger partial charge is 0.573 e. The van der Waals surface area contributed by atoms with Gasteiger partial charge < -0.3 is 14.8 Å². The van der Waals surface area contributed by atoms with E-state index in [9.17, 15) is 18.0 Å². The molecule has 0 bridgehead atoms. The number of benzene rings is 3. The summed E-state index contributed by atoms with van der Waals surface area (Å²) in [4.78, 5) is 11.4. The van der Waals surface area contributed by atoms with Crippen molar-refractivity contribution in [2.75, 3.05) is 5.32 Å². The molecule has 0 aliphatic heterocycles. The van der Waals surface area contributed by atoms with E-state index in [2.05, 4.69) is 30.8 Å². The topological polar surface area (TPSA) is 47.6 Å². The number of hydrogen-bond donors (Lipinski definition) is 1. The van der Waals surface area contributed by atoms with Gasteiger partial charge in [0.15, 0.2) is 6.29 Å². The summed E-state index contributed by atoms with van der Waals surface area (Å²) in [6.45, 7) is 6.35. The van der Waals surface area contributed by atoms with Crippen molar-refractivity contribution in [1.82, 2.24) is 0 Å². The highest BCUT2D eigenvalue weighted by atomic mass is 19.4. The SMILES string of the molecule is CC(C)(C)c1ccc(Oc2cc(Nc3ccc(OC(F)(F)F)cc3)ccc2C=O)cc1. The van der Waals surface area contributed by atoms with Crippen molar-refractivity contribution in [3.05, 3.63) is 77.9 Å². The van der Waals surface area contributed by atoms with E-state index in [1.54, 1.807) is 18.2 Å². The Labute approximate surface area is 178 Å². The van der Waals surface area contributed by atoms with Gasteiger partial charge in [-0.05, 0) is 59.5 Å². The number of alkyl halides is 3. The molecule has 0 unspecified atom stereocenters. The van der Waals surface area contributed by atoms with E-state index >= 15 is 0 Å². The first-order valence-corrected chi connectivity index (χ1v) is 9.54. The molecule has 3 aromatic rings. The minimum absolute atomic E-state index is 0.0109. The number of halogens is 3. The van der Waals surface area contributed by atoms with Crippen molar-refractivity contribution in [1.29, 1.82) is 0 Å². The van der Waals surface area contributed by atoms with Crippen molar-refractivity contribution in [3.63, 3.8) is 0 Å². The molecule has 0 aromatic heterocycles. The summed E-state index contributed by atoms with van der Waals surface area (Å²) in [5.74, 6) is 0.638. The van der Waals surface area contributed by atoms with Crippen LogP contribution >= 0.6 is 0 Å². The van der Waals surface area contributed by atoms with Crippen LogP contribution in [-0.4, -0.2) is 12.6 Å². The number of hydrogen-bond acceptors (Lipinski definition) is 4. The molecule has 0 atom stereocenters. The Morgan fingerprint density at radius 2 is 1.39 bits per heavy atom. The lowest BCUT2D eigenvalue weighted by Crippen LogP contribution is -2.16. The maximum atomic E-state index is 12.3. The molecule has 1 N–H and O–H groups in total. The Balaban J connectivity index is 1.77. The Morgan fingerprint density at radius 1 is 0.806 bits per heavy atom. The summed E-state index contributed by atoms with van der Waals surface area (Å²) in [6.07, 6.45) is -4.04. The maximum Gasteiger partial charge on any atom is 0.573 e. The minimum atomic E-state index is -4.74. The molecular formula is C24H22F3NO3. The molecule has 3 aromatic carbocycles. The van der Waals surface area contributed by atoms with Crippen LogP contribution in [-0.2, 0) is 5.41 Å². The second-order valence-corrected chi connectivity index (χ2v) is 7.94.